The van der Waals surface area contributed by atoms with Gasteiger partial charge in [-0.2, -0.15) is 0 Å². The van der Waals surface area contributed by atoms with E-state index in [0.29, 0.717) is 25.0 Å². The van der Waals surface area contributed by atoms with Gasteiger partial charge in [0.15, 0.2) is 0 Å². The van der Waals surface area contributed by atoms with Gasteiger partial charge in [0.25, 0.3) is 0 Å². The van der Waals surface area contributed by atoms with E-state index in [4.69, 9.17) is 0 Å². The summed E-state index contributed by atoms with van der Waals surface area (Å²) in [6.45, 7) is 2.82. The summed E-state index contributed by atoms with van der Waals surface area (Å²) in [4.78, 5) is 29.9. The fourth-order valence-electron chi connectivity index (χ4n) is 7.16. The van der Waals surface area contributed by atoms with Crippen molar-refractivity contribution in [2.24, 2.45) is 23.2 Å². The molecule has 6 fully saturated rings. The van der Waals surface area contributed by atoms with E-state index >= 15 is 0 Å². The summed E-state index contributed by atoms with van der Waals surface area (Å²) in [5.74, 6) is 2.85. The summed E-state index contributed by atoms with van der Waals surface area (Å²) in [6, 6.07) is 0.452. The second-order valence-electron chi connectivity index (χ2n) is 9.91. The van der Waals surface area contributed by atoms with Crippen molar-refractivity contribution in [1.82, 2.24) is 15.1 Å². The lowest BCUT2D eigenvalue weighted by Gasteiger charge is -2.57. The highest BCUT2D eigenvalue weighted by Gasteiger charge is 2.55. The average molecular weight is 360 g/mol. The Morgan fingerprint density at radius 1 is 0.769 bits per heavy atom. The smallest absolute Gasteiger partial charge is 0.317 e. The Kier molecular flexibility index (Phi) is 4.17. The third kappa shape index (κ3) is 2.91. The maximum Gasteiger partial charge on any atom is 0.317 e. The molecule has 4 bridgehead atoms. The molecular weight excluding hydrogens is 326 g/mol. The van der Waals surface area contributed by atoms with Crippen LogP contribution in [0.25, 0.3) is 0 Å². The number of piperazine rings is 1. The summed E-state index contributed by atoms with van der Waals surface area (Å²) in [5, 5.41) is 3.18. The zero-order valence-electron chi connectivity index (χ0n) is 15.9. The highest BCUT2D eigenvalue weighted by Crippen LogP contribution is 2.60. The monoisotopic (exact) mass is 359 g/mol. The molecule has 3 amide bonds. The minimum Gasteiger partial charge on any atom is -0.339 e. The SMILES string of the molecule is O=C(NC1CCCC1)N1CCN(C(=O)C23CC4CC(CC(C4)C2)C3)CC1. The summed E-state index contributed by atoms with van der Waals surface area (Å²) in [5.41, 5.74) is -0.0387. The molecule has 5 aliphatic carbocycles. The van der Waals surface area contributed by atoms with Crippen molar-refractivity contribution in [2.75, 3.05) is 26.2 Å². The maximum atomic E-state index is 13.4. The molecule has 0 unspecified atom stereocenters. The van der Waals surface area contributed by atoms with Gasteiger partial charge in [0.05, 0.1) is 5.41 Å². The van der Waals surface area contributed by atoms with Crippen LogP contribution in [0.4, 0.5) is 4.79 Å². The molecule has 144 valence electrons. The largest absolute Gasteiger partial charge is 0.339 e. The first-order chi connectivity index (χ1) is 12.6. The minimum atomic E-state index is -0.0387. The van der Waals surface area contributed by atoms with Crippen LogP contribution in [0.1, 0.15) is 64.2 Å². The van der Waals surface area contributed by atoms with Gasteiger partial charge in [-0.15, -0.1) is 0 Å². The zero-order chi connectivity index (χ0) is 17.7. The Balaban J connectivity index is 1.18. The Morgan fingerprint density at radius 2 is 1.27 bits per heavy atom. The topological polar surface area (TPSA) is 52.7 Å². The van der Waals surface area contributed by atoms with Crippen molar-refractivity contribution in [3.8, 4) is 0 Å². The Morgan fingerprint density at radius 3 is 1.81 bits per heavy atom. The van der Waals surface area contributed by atoms with Gasteiger partial charge in [0.2, 0.25) is 5.91 Å². The normalized spacial score (nSPS) is 39.5. The number of rotatable bonds is 2. The molecule has 6 aliphatic rings. The summed E-state index contributed by atoms with van der Waals surface area (Å²) in [6.07, 6.45) is 12.3. The molecular formula is C21H33N3O2. The van der Waals surface area contributed by atoms with Crippen LogP contribution in [0.15, 0.2) is 0 Å². The van der Waals surface area contributed by atoms with Gasteiger partial charge in [0.1, 0.15) is 0 Å². The number of urea groups is 1. The van der Waals surface area contributed by atoms with Crippen LogP contribution in [-0.2, 0) is 4.79 Å². The molecule has 0 atom stereocenters. The quantitative estimate of drug-likeness (QED) is 0.824. The number of hydrogen-bond acceptors (Lipinski definition) is 2. The van der Waals surface area contributed by atoms with Crippen LogP contribution in [0.3, 0.4) is 0 Å². The second-order valence-corrected chi connectivity index (χ2v) is 9.91. The average Bonchev–Trinajstić information content (AvgIpc) is 3.13. The van der Waals surface area contributed by atoms with Crippen LogP contribution >= 0.6 is 0 Å². The minimum absolute atomic E-state index is 0.0387. The molecule has 1 saturated heterocycles. The number of nitrogens with one attached hydrogen (secondary N) is 1. The van der Waals surface area contributed by atoms with Gasteiger partial charge in [-0.3, -0.25) is 4.79 Å². The van der Waals surface area contributed by atoms with E-state index in [-0.39, 0.29) is 11.4 Å². The summed E-state index contributed by atoms with van der Waals surface area (Å²) >= 11 is 0. The van der Waals surface area contributed by atoms with Crippen LogP contribution in [0.2, 0.25) is 0 Å². The first-order valence-electron chi connectivity index (χ1n) is 11.0. The van der Waals surface area contributed by atoms with Crippen LogP contribution in [0.5, 0.6) is 0 Å². The van der Waals surface area contributed by atoms with Crippen LogP contribution in [0, 0.1) is 23.2 Å². The standard InChI is InChI=1S/C21H33N3O2/c25-19(21-12-15-9-16(13-21)11-17(10-15)14-21)23-5-7-24(8-6-23)20(26)22-18-3-1-2-4-18/h15-18H,1-14H2,(H,22,26). The molecule has 1 N–H and O–H groups in total. The summed E-state index contributed by atoms with van der Waals surface area (Å²) in [7, 11) is 0. The van der Waals surface area contributed by atoms with E-state index in [9.17, 15) is 9.59 Å². The molecule has 0 aromatic carbocycles. The first kappa shape index (κ1) is 16.9. The van der Waals surface area contributed by atoms with Crippen LogP contribution < -0.4 is 5.32 Å². The number of nitrogens with zero attached hydrogens (tertiary/aromatic N) is 2. The van der Waals surface area contributed by atoms with Crippen molar-refractivity contribution in [3.05, 3.63) is 0 Å². The molecule has 5 heteroatoms. The lowest BCUT2D eigenvalue weighted by atomic mass is 9.49. The predicted octanol–water partition coefficient (Wildman–Crippen LogP) is 3.00. The van der Waals surface area contributed by atoms with E-state index in [1.54, 1.807) is 0 Å². The van der Waals surface area contributed by atoms with Gasteiger partial charge >= 0.3 is 6.03 Å². The van der Waals surface area contributed by atoms with Gasteiger partial charge < -0.3 is 15.1 Å². The molecule has 6 rings (SSSR count). The molecule has 0 aromatic heterocycles. The molecule has 0 radical (unpaired) electrons. The Hall–Kier alpha value is -1.26. The highest BCUT2D eigenvalue weighted by molar-refractivity contribution is 5.84. The van der Waals surface area contributed by atoms with Gasteiger partial charge in [-0.25, -0.2) is 4.79 Å². The lowest BCUT2D eigenvalue weighted by molar-refractivity contribution is -0.159. The zero-order valence-corrected chi connectivity index (χ0v) is 15.9. The number of carbonyl (C=O) groups excluding carboxylic acids is 2. The van der Waals surface area contributed by atoms with E-state index < -0.39 is 0 Å². The Bertz CT molecular complexity index is 541. The van der Waals surface area contributed by atoms with Crippen LogP contribution in [-0.4, -0.2) is 54.0 Å². The van der Waals surface area contributed by atoms with E-state index in [1.807, 2.05) is 4.90 Å². The van der Waals surface area contributed by atoms with E-state index in [0.717, 1.165) is 62.9 Å². The van der Waals surface area contributed by atoms with Crippen molar-refractivity contribution in [2.45, 2.75) is 70.3 Å². The van der Waals surface area contributed by atoms with Crippen molar-refractivity contribution < 1.29 is 9.59 Å². The van der Waals surface area contributed by atoms with E-state index in [2.05, 4.69) is 10.2 Å². The number of hydrogen-bond donors (Lipinski definition) is 1. The lowest BCUT2D eigenvalue weighted by Crippen LogP contribution is -2.59. The third-order valence-electron chi connectivity index (χ3n) is 8.03. The molecule has 0 aromatic rings. The molecule has 26 heavy (non-hydrogen) atoms. The van der Waals surface area contributed by atoms with E-state index in [1.165, 1.54) is 32.1 Å². The second kappa shape index (κ2) is 6.42. The fourth-order valence-corrected chi connectivity index (χ4v) is 7.16. The van der Waals surface area contributed by atoms with Crippen molar-refractivity contribution in [3.63, 3.8) is 0 Å². The molecule has 5 nitrogen and oxygen atoms in total. The molecule has 1 heterocycles. The number of amides is 3. The van der Waals surface area contributed by atoms with Crippen molar-refractivity contribution in [1.29, 1.82) is 0 Å². The maximum absolute atomic E-state index is 13.4. The Labute approximate surface area is 156 Å². The van der Waals surface area contributed by atoms with Gasteiger partial charge in [-0.1, -0.05) is 12.8 Å². The number of carbonyl (C=O) groups is 2. The molecule has 5 saturated carbocycles. The highest BCUT2D eigenvalue weighted by atomic mass is 16.2. The van der Waals surface area contributed by atoms with Crippen molar-refractivity contribution >= 4 is 11.9 Å². The van der Waals surface area contributed by atoms with Gasteiger partial charge in [-0.05, 0) is 69.1 Å². The van der Waals surface area contributed by atoms with Gasteiger partial charge in [0, 0.05) is 32.2 Å². The summed E-state index contributed by atoms with van der Waals surface area (Å²) < 4.78 is 0. The third-order valence-corrected chi connectivity index (χ3v) is 8.03. The first-order valence-corrected chi connectivity index (χ1v) is 11.0. The predicted molar refractivity (Wildman–Crippen MR) is 99.5 cm³/mol. The molecule has 0 spiro atoms. The fraction of sp³-hybridized carbons (Fsp3) is 0.905. The molecule has 1 aliphatic heterocycles.